The first-order valence-corrected chi connectivity index (χ1v) is 7.37. The fourth-order valence-corrected chi connectivity index (χ4v) is 2.70. The Morgan fingerprint density at radius 3 is 2.77 bits per heavy atom. The zero-order valence-electron chi connectivity index (χ0n) is 13.2. The van der Waals surface area contributed by atoms with Crippen molar-refractivity contribution in [1.82, 2.24) is 24.7 Å². The lowest BCUT2D eigenvalue weighted by Crippen LogP contribution is -2.45. The van der Waals surface area contributed by atoms with Crippen LogP contribution in [0.25, 0.3) is 0 Å². The predicted molar refractivity (Wildman–Crippen MR) is 82.6 cm³/mol. The van der Waals surface area contributed by atoms with Gasteiger partial charge >= 0.3 is 0 Å². The normalized spacial score (nSPS) is 18.7. The summed E-state index contributed by atoms with van der Waals surface area (Å²) < 4.78 is 7.75. The number of ether oxygens (including phenoxy) is 1. The Balaban J connectivity index is 1.72. The van der Waals surface area contributed by atoms with E-state index in [2.05, 4.69) is 25.0 Å². The van der Waals surface area contributed by atoms with Crippen LogP contribution in [0.1, 0.15) is 17.3 Å². The van der Waals surface area contributed by atoms with E-state index in [9.17, 15) is 0 Å². The van der Waals surface area contributed by atoms with Crippen LogP contribution in [0.2, 0.25) is 0 Å². The number of rotatable bonds is 3. The van der Waals surface area contributed by atoms with E-state index in [0.717, 1.165) is 36.3 Å². The summed E-state index contributed by atoms with van der Waals surface area (Å²) in [6.45, 7) is 8.64. The molecule has 0 aromatic carbocycles. The fourth-order valence-electron chi connectivity index (χ4n) is 2.70. The van der Waals surface area contributed by atoms with Gasteiger partial charge in [0.25, 0.3) is 0 Å². The summed E-state index contributed by atoms with van der Waals surface area (Å²) in [4.78, 5) is 14.9. The Morgan fingerprint density at radius 1 is 1.27 bits per heavy atom. The van der Waals surface area contributed by atoms with Gasteiger partial charge in [-0.25, -0.2) is 14.6 Å². The van der Waals surface area contributed by atoms with Gasteiger partial charge in [0, 0.05) is 24.8 Å². The van der Waals surface area contributed by atoms with E-state index in [1.54, 1.807) is 0 Å². The van der Waals surface area contributed by atoms with E-state index < -0.39 is 0 Å². The van der Waals surface area contributed by atoms with E-state index in [1.807, 2.05) is 31.5 Å². The molecule has 2 aromatic heterocycles. The smallest absolute Gasteiger partial charge is 0.222 e. The van der Waals surface area contributed by atoms with Crippen LogP contribution in [0.4, 0.5) is 11.8 Å². The van der Waals surface area contributed by atoms with Crippen LogP contribution < -0.4 is 10.6 Å². The van der Waals surface area contributed by atoms with Crippen molar-refractivity contribution in [2.75, 3.05) is 30.3 Å². The summed E-state index contributed by atoms with van der Waals surface area (Å²) in [7, 11) is 0. The number of aryl methyl sites for hydroxylation is 3. The molecule has 0 saturated carbocycles. The molecule has 0 bridgehead atoms. The molecule has 1 aliphatic heterocycles. The monoisotopic (exact) mass is 303 g/mol. The van der Waals surface area contributed by atoms with Crippen LogP contribution in [0.15, 0.2) is 6.07 Å². The van der Waals surface area contributed by atoms with Gasteiger partial charge < -0.3 is 15.4 Å². The number of aromatic nitrogens is 5. The van der Waals surface area contributed by atoms with Crippen molar-refractivity contribution in [2.45, 2.75) is 33.4 Å². The van der Waals surface area contributed by atoms with Crippen molar-refractivity contribution >= 4 is 11.8 Å². The molecule has 2 aromatic rings. The lowest BCUT2D eigenvalue weighted by atomic mass is 10.2. The molecular weight excluding hydrogens is 282 g/mol. The molecule has 1 atom stereocenters. The summed E-state index contributed by atoms with van der Waals surface area (Å²) in [5.41, 5.74) is 6.61. The zero-order valence-corrected chi connectivity index (χ0v) is 13.2. The van der Waals surface area contributed by atoms with Gasteiger partial charge in [0.05, 0.1) is 19.3 Å². The molecule has 0 radical (unpaired) electrons. The summed E-state index contributed by atoms with van der Waals surface area (Å²) in [5.74, 6) is 2.84. The molecule has 0 spiro atoms. The molecule has 8 heteroatoms. The Labute approximate surface area is 129 Å². The van der Waals surface area contributed by atoms with E-state index in [0.29, 0.717) is 19.1 Å². The Morgan fingerprint density at radius 2 is 2.09 bits per heavy atom. The first-order valence-electron chi connectivity index (χ1n) is 7.37. The van der Waals surface area contributed by atoms with Gasteiger partial charge in [-0.15, -0.1) is 0 Å². The second-order valence-electron chi connectivity index (χ2n) is 5.55. The highest BCUT2D eigenvalue weighted by Gasteiger charge is 2.23. The second-order valence-corrected chi connectivity index (χ2v) is 5.55. The lowest BCUT2D eigenvalue weighted by molar-refractivity contribution is 0.0267. The Hall–Kier alpha value is -2.22. The summed E-state index contributed by atoms with van der Waals surface area (Å²) in [6.07, 6.45) is 0.0463. The molecule has 0 amide bonds. The van der Waals surface area contributed by atoms with E-state index in [-0.39, 0.29) is 6.10 Å². The van der Waals surface area contributed by atoms with Crippen molar-refractivity contribution in [3.8, 4) is 0 Å². The third-order valence-corrected chi connectivity index (χ3v) is 3.66. The van der Waals surface area contributed by atoms with Crippen LogP contribution in [0.3, 0.4) is 0 Å². The minimum Gasteiger partial charge on any atom is -0.373 e. The average Bonchev–Trinajstić information content (AvgIpc) is 2.76. The second kappa shape index (κ2) is 5.88. The van der Waals surface area contributed by atoms with Gasteiger partial charge in [0.2, 0.25) is 5.95 Å². The summed E-state index contributed by atoms with van der Waals surface area (Å²) in [6, 6.07) is 1.95. The molecule has 2 N–H and O–H groups in total. The third kappa shape index (κ3) is 3.16. The van der Waals surface area contributed by atoms with Crippen LogP contribution in [0.5, 0.6) is 0 Å². The molecule has 3 heterocycles. The van der Waals surface area contributed by atoms with Gasteiger partial charge in [-0.05, 0) is 20.8 Å². The molecule has 1 saturated heterocycles. The Bertz CT molecular complexity index is 649. The Kier molecular flexibility index (Phi) is 3.93. The molecule has 0 aliphatic carbocycles. The first kappa shape index (κ1) is 14.7. The molecule has 8 nitrogen and oxygen atoms in total. The van der Waals surface area contributed by atoms with E-state index in [1.165, 1.54) is 0 Å². The number of hydrogen-bond acceptors (Lipinski definition) is 7. The summed E-state index contributed by atoms with van der Waals surface area (Å²) >= 11 is 0. The van der Waals surface area contributed by atoms with Crippen LogP contribution in [-0.4, -0.2) is 50.5 Å². The number of morpholine rings is 1. The fraction of sp³-hybridized carbons (Fsp3) is 0.571. The number of nitrogen functional groups attached to an aromatic ring is 1. The average molecular weight is 303 g/mol. The number of nitrogens with two attached hydrogens (primary N) is 1. The largest absolute Gasteiger partial charge is 0.373 e. The van der Waals surface area contributed by atoms with Crippen LogP contribution in [0, 0.1) is 20.8 Å². The summed E-state index contributed by atoms with van der Waals surface area (Å²) in [5, 5.41) is 4.39. The van der Waals surface area contributed by atoms with Crippen LogP contribution >= 0.6 is 0 Å². The van der Waals surface area contributed by atoms with Gasteiger partial charge in [-0.3, -0.25) is 0 Å². The number of anilines is 2. The van der Waals surface area contributed by atoms with Crippen molar-refractivity contribution in [3.05, 3.63) is 23.4 Å². The molecule has 22 heavy (non-hydrogen) atoms. The maximum absolute atomic E-state index is 5.85. The van der Waals surface area contributed by atoms with Crippen LogP contribution in [-0.2, 0) is 11.3 Å². The lowest BCUT2D eigenvalue weighted by Gasteiger charge is -2.33. The minimum absolute atomic E-state index is 0.0463. The minimum atomic E-state index is 0.0463. The molecular formula is C14H21N7O. The highest BCUT2D eigenvalue weighted by molar-refractivity contribution is 5.43. The van der Waals surface area contributed by atoms with E-state index in [4.69, 9.17) is 10.5 Å². The standard InChI is InChI=1S/C14H21N7O/c1-9-6-13(18-14(15)16-9)20-4-5-22-12(7-20)8-21-11(3)17-10(2)19-21/h6,12H,4-5,7-8H2,1-3H3,(H2,15,16,18)/t12-/m1/s1. The van der Waals surface area contributed by atoms with Crippen molar-refractivity contribution < 1.29 is 4.74 Å². The quantitative estimate of drug-likeness (QED) is 0.881. The van der Waals surface area contributed by atoms with Gasteiger partial charge in [-0.1, -0.05) is 0 Å². The molecule has 0 unspecified atom stereocenters. The van der Waals surface area contributed by atoms with Crippen molar-refractivity contribution in [2.24, 2.45) is 0 Å². The molecule has 3 rings (SSSR count). The molecule has 1 fully saturated rings. The third-order valence-electron chi connectivity index (χ3n) is 3.66. The van der Waals surface area contributed by atoms with Crippen molar-refractivity contribution in [1.29, 1.82) is 0 Å². The maximum Gasteiger partial charge on any atom is 0.222 e. The molecule has 118 valence electrons. The maximum atomic E-state index is 5.85. The predicted octanol–water partition coefficient (Wildman–Crippen LogP) is 0.481. The van der Waals surface area contributed by atoms with Crippen molar-refractivity contribution in [3.63, 3.8) is 0 Å². The van der Waals surface area contributed by atoms with Gasteiger partial charge in [-0.2, -0.15) is 10.1 Å². The van der Waals surface area contributed by atoms with E-state index >= 15 is 0 Å². The highest BCUT2D eigenvalue weighted by Crippen LogP contribution is 2.18. The highest BCUT2D eigenvalue weighted by atomic mass is 16.5. The number of nitrogens with zero attached hydrogens (tertiary/aromatic N) is 6. The zero-order chi connectivity index (χ0) is 15.7. The SMILES string of the molecule is Cc1cc(N2CCO[C@@H](Cn3nc(C)nc3C)C2)nc(N)n1. The first-order chi connectivity index (χ1) is 10.5. The topological polar surface area (TPSA) is 95.0 Å². The van der Waals surface area contributed by atoms with Gasteiger partial charge in [0.15, 0.2) is 0 Å². The number of hydrogen-bond donors (Lipinski definition) is 1. The van der Waals surface area contributed by atoms with Gasteiger partial charge in [0.1, 0.15) is 17.5 Å². The molecule has 1 aliphatic rings.